The van der Waals surface area contributed by atoms with E-state index in [4.69, 9.17) is 15.0 Å². The van der Waals surface area contributed by atoms with Gasteiger partial charge in [-0.05, 0) is 81.7 Å². The lowest BCUT2D eigenvalue weighted by Crippen LogP contribution is -2.50. The summed E-state index contributed by atoms with van der Waals surface area (Å²) in [4.78, 5) is 14.3. The molecule has 2 rings (SSSR count). The highest BCUT2D eigenvalue weighted by molar-refractivity contribution is 5.92. The molecule has 6 heteroatoms. The summed E-state index contributed by atoms with van der Waals surface area (Å²) in [5.41, 5.74) is 9.28. The quantitative estimate of drug-likeness (QED) is 0.156. The van der Waals surface area contributed by atoms with Crippen LogP contribution in [0.2, 0.25) is 0 Å². The zero-order valence-corrected chi connectivity index (χ0v) is 18.0. The largest absolute Gasteiger partial charge is 0.347 e. The van der Waals surface area contributed by atoms with Crippen molar-refractivity contribution in [2.24, 2.45) is 17.0 Å². The van der Waals surface area contributed by atoms with Gasteiger partial charge in [0.2, 0.25) is 0 Å². The van der Waals surface area contributed by atoms with Gasteiger partial charge in [-0.25, -0.2) is 0 Å². The predicted molar refractivity (Wildman–Crippen MR) is 111 cm³/mol. The molecular formula is C22H37N3O3. The van der Waals surface area contributed by atoms with Crippen LogP contribution < -0.4 is 0 Å². The molecule has 0 radical (unpaired) electrons. The Hall–Kier alpha value is -1.36. The standard InChI is InChI=1S/C22H37N3O3/c1-16(15-18(3)19(4)26)9-10-20-7-5-12-22(27-20)13-11-17(2)21(28-22)8-6-14-24-25-23/h15-17,20-21H,5-14H2,1-4H3/b18-15+/t16-,17-,20-,21+,22-/m0/s1. The number of rotatable bonds is 9. The fraction of sp³-hybridized carbons (Fsp3) is 0.864. The molecule has 5 atom stereocenters. The molecule has 0 aromatic heterocycles. The third kappa shape index (κ3) is 6.91. The summed E-state index contributed by atoms with van der Waals surface area (Å²) in [6.07, 6.45) is 11.6. The van der Waals surface area contributed by atoms with Crippen molar-refractivity contribution < 1.29 is 14.3 Å². The molecule has 0 aromatic carbocycles. The molecule has 0 aromatic rings. The van der Waals surface area contributed by atoms with E-state index in [0.29, 0.717) is 18.4 Å². The van der Waals surface area contributed by atoms with E-state index in [2.05, 4.69) is 29.9 Å². The van der Waals surface area contributed by atoms with E-state index in [-0.39, 0.29) is 18.0 Å². The summed E-state index contributed by atoms with van der Waals surface area (Å²) in [5, 5.41) is 3.64. The van der Waals surface area contributed by atoms with Gasteiger partial charge in [0.25, 0.3) is 0 Å². The van der Waals surface area contributed by atoms with Gasteiger partial charge in [-0.3, -0.25) is 4.79 Å². The number of hydrogen-bond donors (Lipinski definition) is 0. The lowest BCUT2D eigenvalue weighted by atomic mass is 9.85. The van der Waals surface area contributed by atoms with E-state index >= 15 is 0 Å². The molecule has 158 valence electrons. The minimum Gasteiger partial charge on any atom is -0.347 e. The molecule has 1 spiro atoms. The Balaban J connectivity index is 1.87. The number of ether oxygens (including phenoxy) is 2. The first-order chi connectivity index (χ1) is 13.3. The molecule has 0 saturated carbocycles. The Morgan fingerprint density at radius 1 is 1.29 bits per heavy atom. The van der Waals surface area contributed by atoms with Crippen LogP contribution in [-0.2, 0) is 14.3 Å². The van der Waals surface area contributed by atoms with Crippen LogP contribution >= 0.6 is 0 Å². The van der Waals surface area contributed by atoms with Gasteiger partial charge in [0.1, 0.15) is 0 Å². The van der Waals surface area contributed by atoms with E-state index in [1.54, 1.807) is 6.92 Å². The number of Topliss-reactive ketones (excluding diaryl/α,β-unsaturated/α-hetero) is 1. The van der Waals surface area contributed by atoms with Crippen LogP contribution in [0, 0.1) is 11.8 Å². The second-order valence-electron chi connectivity index (χ2n) is 8.77. The first kappa shape index (κ1) is 22.9. The molecule has 0 aliphatic carbocycles. The van der Waals surface area contributed by atoms with Crippen molar-refractivity contribution in [3.63, 3.8) is 0 Å². The maximum atomic E-state index is 11.4. The van der Waals surface area contributed by atoms with E-state index in [1.165, 1.54) is 0 Å². The molecule has 0 N–H and O–H groups in total. The average Bonchev–Trinajstić information content (AvgIpc) is 2.66. The lowest BCUT2D eigenvalue weighted by molar-refractivity contribution is -0.324. The molecule has 2 aliphatic heterocycles. The van der Waals surface area contributed by atoms with Crippen LogP contribution in [-0.4, -0.2) is 30.3 Å². The van der Waals surface area contributed by atoms with E-state index in [9.17, 15) is 4.79 Å². The molecule has 0 unspecified atom stereocenters. The molecule has 0 amide bonds. The molecule has 2 heterocycles. The molecule has 6 nitrogen and oxygen atoms in total. The Bertz CT molecular complexity index is 600. The van der Waals surface area contributed by atoms with Gasteiger partial charge in [0.05, 0.1) is 12.2 Å². The van der Waals surface area contributed by atoms with Gasteiger partial charge >= 0.3 is 0 Å². The van der Waals surface area contributed by atoms with E-state index in [0.717, 1.165) is 63.4 Å². The molecule has 2 aliphatic rings. The first-order valence-electron chi connectivity index (χ1n) is 10.9. The summed E-state index contributed by atoms with van der Waals surface area (Å²) in [7, 11) is 0. The highest BCUT2D eigenvalue weighted by Gasteiger charge is 2.44. The third-order valence-corrected chi connectivity index (χ3v) is 6.29. The fourth-order valence-electron chi connectivity index (χ4n) is 4.41. The van der Waals surface area contributed by atoms with Crippen LogP contribution in [0.15, 0.2) is 16.8 Å². The fourth-order valence-corrected chi connectivity index (χ4v) is 4.41. The van der Waals surface area contributed by atoms with Crippen molar-refractivity contribution in [3.05, 3.63) is 22.1 Å². The van der Waals surface area contributed by atoms with Crippen molar-refractivity contribution in [2.75, 3.05) is 6.54 Å². The number of azide groups is 1. The Morgan fingerprint density at radius 3 is 2.79 bits per heavy atom. The van der Waals surface area contributed by atoms with Crippen LogP contribution in [0.25, 0.3) is 10.4 Å². The number of carbonyl (C=O) groups excluding carboxylic acids is 1. The molecule has 28 heavy (non-hydrogen) atoms. The Labute approximate surface area is 169 Å². The summed E-state index contributed by atoms with van der Waals surface area (Å²) in [6, 6.07) is 0. The smallest absolute Gasteiger partial charge is 0.169 e. The summed E-state index contributed by atoms with van der Waals surface area (Å²) in [6.45, 7) is 8.46. The van der Waals surface area contributed by atoms with Gasteiger partial charge in [-0.1, -0.05) is 25.0 Å². The minimum absolute atomic E-state index is 0.149. The van der Waals surface area contributed by atoms with E-state index < -0.39 is 5.79 Å². The second kappa shape index (κ2) is 11.0. The molecular weight excluding hydrogens is 354 g/mol. The number of nitrogens with zero attached hydrogens (tertiary/aromatic N) is 3. The van der Waals surface area contributed by atoms with Crippen LogP contribution in [0.3, 0.4) is 0 Å². The SMILES string of the molecule is CC(=O)/C(C)=C/[C@@H](C)CC[C@@H]1CCC[C@]2(CC[C@H](C)[C@@H](CCCN=[N+]=[N-])O2)O1. The van der Waals surface area contributed by atoms with Crippen molar-refractivity contribution in [3.8, 4) is 0 Å². The molecule has 2 fully saturated rings. The summed E-state index contributed by atoms with van der Waals surface area (Å²) < 4.78 is 13.1. The molecule has 2 saturated heterocycles. The van der Waals surface area contributed by atoms with Gasteiger partial charge in [0.15, 0.2) is 11.6 Å². The third-order valence-electron chi connectivity index (χ3n) is 6.29. The monoisotopic (exact) mass is 391 g/mol. The zero-order valence-electron chi connectivity index (χ0n) is 18.0. The van der Waals surface area contributed by atoms with Gasteiger partial charge < -0.3 is 9.47 Å². The number of hydrogen-bond acceptors (Lipinski definition) is 4. The maximum Gasteiger partial charge on any atom is 0.169 e. The van der Waals surface area contributed by atoms with Crippen molar-refractivity contribution in [1.82, 2.24) is 0 Å². The number of ketones is 1. The van der Waals surface area contributed by atoms with Crippen molar-refractivity contribution in [2.45, 2.75) is 103 Å². The van der Waals surface area contributed by atoms with E-state index in [1.807, 2.05) is 6.92 Å². The van der Waals surface area contributed by atoms with Crippen LogP contribution in [0.1, 0.15) is 85.5 Å². The van der Waals surface area contributed by atoms with Crippen molar-refractivity contribution >= 4 is 5.78 Å². The average molecular weight is 392 g/mol. The van der Waals surface area contributed by atoms with Crippen molar-refractivity contribution in [1.29, 1.82) is 0 Å². The van der Waals surface area contributed by atoms with Gasteiger partial charge in [-0.15, -0.1) is 0 Å². The van der Waals surface area contributed by atoms with Gasteiger partial charge in [-0.2, -0.15) is 0 Å². The topological polar surface area (TPSA) is 84.3 Å². The zero-order chi connectivity index (χ0) is 20.6. The Morgan fingerprint density at radius 2 is 2.07 bits per heavy atom. The number of allylic oxidation sites excluding steroid dienone is 2. The van der Waals surface area contributed by atoms with Gasteiger partial charge in [0, 0.05) is 24.3 Å². The summed E-state index contributed by atoms with van der Waals surface area (Å²) in [5.74, 6) is 0.620. The predicted octanol–water partition coefficient (Wildman–Crippen LogP) is 6.11. The number of carbonyl (C=O) groups is 1. The van der Waals surface area contributed by atoms with Crippen LogP contribution in [0.5, 0.6) is 0 Å². The highest BCUT2D eigenvalue weighted by atomic mass is 16.7. The minimum atomic E-state index is -0.424. The first-order valence-corrected chi connectivity index (χ1v) is 10.9. The normalized spacial score (nSPS) is 32.0. The molecule has 0 bridgehead atoms. The Kier molecular flexibility index (Phi) is 9.00. The lowest BCUT2D eigenvalue weighted by Gasteiger charge is -2.48. The second-order valence-corrected chi connectivity index (χ2v) is 8.77. The maximum absolute atomic E-state index is 11.4. The highest BCUT2D eigenvalue weighted by Crippen LogP contribution is 2.42. The van der Waals surface area contributed by atoms with Crippen LogP contribution in [0.4, 0.5) is 0 Å². The summed E-state index contributed by atoms with van der Waals surface area (Å²) >= 11 is 0.